The first-order valence-electron chi connectivity index (χ1n) is 17.4. The van der Waals surface area contributed by atoms with E-state index >= 15 is 0 Å². The molecule has 0 unspecified atom stereocenters. The van der Waals surface area contributed by atoms with E-state index in [1.54, 1.807) is 23.1 Å². The molecule has 1 aromatic heterocycles. The van der Waals surface area contributed by atoms with Gasteiger partial charge >= 0.3 is 0 Å². The van der Waals surface area contributed by atoms with E-state index in [9.17, 15) is 25.9 Å². The van der Waals surface area contributed by atoms with E-state index in [2.05, 4.69) is 63.5 Å². The molecular weight excluding hydrogens is 782 g/mol. The number of thioether (sulfide) groups is 1. The number of hydrogen-bond acceptors (Lipinski definition) is 9. The van der Waals surface area contributed by atoms with Gasteiger partial charge in [0.25, 0.3) is 15.1 Å². The van der Waals surface area contributed by atoms with Crippen molar-refractivity contribution in [3.8, 4) is 0 Å². The Bertz CT molecular complexity index is 2070. The standard InChI is InChI=1S/C31H34Cl2N2O6S4.C6H15N/c1-20-21(14-29-34(10-4-12-44(36,37)38)25-16-23(32)6-8-27(25)42-29)18-31(2,3)19-22(20)15-30-35(11-5-13-45(39,40)41)26-17-24(33)7-9-28(26)43-30;1-4-7(5-2)6-3/h6-9,14-17H,4-5,10-13,18-19H2,1-3H3,(H-,36,37,38,39,40,41);4-6H2,1-3H3. The second kappa shape index (κ2) is 18.1. The number of hydrogen-bond donors (Lipinski definition) is 1. The number of fused-ring (bicyclic) bond motifs is 2. The number of rotatable bonds is 13. The Hall–Kier alpha value is -1.94. The highest BCUT2D eigenvalue weighted by molar-refractivity contribution is 8.03. The molecule has 0 saturated heterocycles. The van der Waals surface area contributed by atoms with Crippen molar-refractivity contribution >= 4 is 88.5 Å². The normalized spacial score (nSPS) is 17.7. The molecule has 0 bridgehead atoms. The Morgan fingerprint density at radius 1 is 0.962 bits per heavy atom. The molecule has 2 aromatic carbocycles. The first-order valence-corrected chi connectivity index (χ1v) is 23.0. The van der Waals surface area contributed by atoms with Gasteiger partial charge in [-0.15, -0.1) is 0 Å². The van der Waals surface area contributed by atoms with E-state index in [4.69, 9.17) is 23.2 Å². The van der Waals surface area contributed by atoms with Crippen molar-refractivity contribution in [2.45, 2.75) is 78.7 Å². The predicted molar refractivity (Wildman–Crippen MR) is 217 cm³/mol. The Labute approximate surface area is 327 Å². The SMILES string of the molecule is CC1=C(/C=C2\Sc3ccc(Cl)cc3N2CCCS(=O)(=O)O)CC(C)(C)C/C1=C\c1sc2ccc(Cl)cc2[n+]1CCCS(=O)(=O)[O-].CCN(CC)CC. The molecule has 1 aliphatic carbocycles. The van der Waals surface area contributed by atoms with E-state index in [-0.39, 0.29) is 24.0 Å². The molecule has 2 heterocycles. The van der Waals surface area contributed by atoms with Gasteiger partial charge in [-0.2, -0.15) is 13.0 Å². The minimum Gasteiger partial charge on any atom is -0.748 e. The average Bonchev–Trinajstić information content (AvgIpc) is 3.55. The van der Waals surface area contributed by atoms with Gasteiger partial charge in [0.1, 0.15) is 4.70 Å². The summed E-state index contributed by atoms with van der Waals surface area (Å²) in [5, 5.41) is 3.06. The maximum atomic E-state index is 11.4. The lowest BCUT2D eigenvalue weighted by molar-refractivity contribution is -0.668. The number of halogens is 2. The number of aromatic nitrogens is 1. The van der Waals surface area contributed by atoms with Gasteiger partial charge < -0.3 is 14.4 Å². The van der Waals surface area contributed by atoms with Crippen molar-refractivity contribution in [2.24, 2.45) is 5.41 Å². The summed E-state index contributed by atoms with van der Waals surface area (Å²) in [5.74, 6) is -0.774. The van der Waals surface area contributed by atoms with Gasteiger partial charge in [-0.3, -0.25) is 4.55 Å². The lowest BCUT2D eigenvalue weighted by Gasteiger charge is -2.33. The van der Waals surface area contributed by atoms with Crippen LogP contribution in [0.4, 0.5) is 5.69 Å². The van der Waals surface area contributed by atoms with Crippen LogP contribution in [0.5, 0.6) is 0 Å². The molecule has 9 nitrogen and oxygen atoms in total. The molecule has 286 valence electrons. The van der Waals surface area contributed by atoms with E-state index < -0.39 is 26.0 Å². The first-order chi connectivity index (χ1) is 24.3. The van der Waals surface area contributed by atoms with Crippen molar-refractivity contribution in [1.82, 2.24) is 4.90 Å². The van der Waals surface area contributed by atoms with Crippen molar-refractivity contribution < 1.29 is 30.5 Å². The molecule has 1 N–H and O–H groups in total. The van der Waals surface area contributed by atoms with Crippen LogP contribution in [0.3, 0.4) is 0 Å². The molecule has 15 heteroatoms. The molecule has 0 radical (unpaired) electrons. The Morgan fingerprint density at radius 3 is 2.23 bits per heavy atom. The van der Waals surface area contributed by atoms with Crippen molar-refractivity contribution in [3.63, 3.8) is 0 Å². The van der Waals surface area contributed by atoms with E-state index in [0.29, 0.717) is 23.1 Å². The third-order valence-corrected chi connectivity index (χ3v) is 13.5. The smallest absolute Gasteiger partial charge is 0.264 e. The van der Waals surface area contributed by atoms with E-state index in [1.165, 1.54) is 19.6 Å². The van der Waals surface area contributed by atoms with Crippen LogP contribution in [0, 0.1) is 5.41 Å². The van der Waals surface area contributed by atoms with Crippen LogP contribution < -0.4 is 9.47 Å². The summed E-state index contributed by atoms with van der Waals surface area (Å²) in [4.78, 5) is 5.46. The van der Waals surface area contributed by atoms with Gasteiger partial charge in [-0.05, 0) is 104 Å². The zero-order valence-corrected chi connectivity index (χ0v) is 35.4. The molecule has 0 saturated carbocycles. The van der Waals surface area contributed by atoms with Gasteiger partial charge in [-0.1, -0.05) is 80.9 Å². The fourth-order valence-corrected chi connectivity index (χ4v) is 10.1. The molecule has 1 aliphatic heterocycles. The highest BCUT2D eigenvalue weighted by Crippen LogP contribution is 2.50. The van der Waals surface area contributed by atoms with Gasteiger partial charge in [0.2, 0.25) is 5.52 Å². The third kappa shape index (κ3) is 12.0. The second-order valence-electron chi connectivity index (χ2n) is 13.8. The number of nitrogens with zero attached hydrogens (tertiary/aromatic N) is 3. The fraction of sp³-hybridized carbons (Fsp3) is 0.486. The van der Waals surface area contributed by atoms with Crippen LogP contribution in [-0.4, -0.2) is 68.5 Å². The zero-order chi connectivity index (χ0) is 38.4. The molecule has 5 rings (SSSR count). The summed E-state index contributed by atoms with van der Waals surface area (Å²) in [7, 11) is -8.42. The maximum Gasteiger partial charge on any atom is 0.264 e. The quantitative estimate of drug-likeness (QED) is 0.133. The summed E-state index contributed by atoms with van der Waals surface area (Å²) in [5.41, 5.74) is 5.19. The lowest BCUT2D eigenvalue weighted by Crippen LogP contribution is -2.36. The van der Waals surface area contributed by atoms with E-state index in [1.807, 2.05) is 41.0 Å². The highest BCUT2D eigenvalue weighted by Gasteiger charge is 2.32. The number of allylic oxidation sites excluding steroid dienone is 4. The number of benzene rings is 2. The van der Waals surface area contributed by atoms with Crippen molar-refractivity contribution in [3.05, 3.63) is 79.3 Å². The van der Waals surface area contributed by atoms with Crippen LogP contribution in [0.2, 0.25) is 10.0 Å². The number of anilines is 1. The number of aryl methyl sites for hydroxylation is 1. The Kier molecular flexibility index (Phi) is 14.9. The first kappa shape index (κ1) is 42.8. The minimum absolute atomic E-state index is 0.0611. The monoisotopic (exact) mass is 829 g/mol. The molecule has 0 fully saturated rings. The molecule has 0 spiro atoms. The molecule has 0 atom stereocenters. The fourth-order valence-electron chi connectivity index (χ4n) is 6.48. The zero-order valence-electron chi connectivity index (χ0n) is 30.6. The summed E-state index contributed by atoms with van der Waals surface area (Å²) in [6, 6.07) is 11.3. The largest absolute Gasteiger partial charge is 0.748 e. The maximum absolute atomic E-state index is 11.4. The molecule has 0 amide bonds. The molecular formula is C37H49Cl2N3O6S4. The summed E-state index contributed by atoms with van der Waals surface area (Å²) >= 11 is 15.9. The molecule has 3 aromatic rings. The molecule has 2 aliphatic rings. The average molecular weight is 831 g/mol. The lowest BCUT2D eigenvalue weighted by atomic mass is 9.72. The van der Waals surface area contributed by atoms with Crippen LogP contribution in [0.1, 0.15) is 72.2 Å². The Balaban J connectivity index is 0.000000785. The van der Waals surface area contributed by atoms with Crippen LogP contribution in [0.15, 0.2) is 69.1 Å². The van der Waals surface area contributed by atoms with Crippen molar-refractivity contribution in [2.75, 3.05) is 42.6 Å². The summed E-state index contributed by atoms with van der Waals surface area (Å²) in [6.45, 7) is 17.4. The predicted octanol–water partition coefficient (Wildman–Crippen LogP) is 9.03. The van der Waals surface area contributed by atoms with Gasteiger partial charge in [0, 0.05) is 45.8 Å². The van der Waals surface area contributed by atoms with Crippen molar-refractivity contribution in [1.29, 1.82) is 0 Å². The van der Waals surface area contributed by atoms with Gasteiger partial charge in [0.15, 0.2) is 6.54 Å². The third-order valence-electron chi connectivity index (χ3n) is 9.18. The minimum atomic E-state index is -4.33. The summed E-state index contributed by atoms with van der Waals surface area (Å²) in [6.07, 6.45) is 6.45. The topological polar surface area (TPSA) is 122 Å². The van der Waals surface area contributed by atoms with Gasteiger partial charge in [-0.25, -0.2) is 8.42 Å². The van der Waals surface area contributed by atoms with Gasteiger partial charge in [0.05, 0.1) is 26.6 Å². The van der Waals surface area contributed by atoms with Crippen LogP contribution >= 0.6 is 46.3 Å². The van der Waals surface area contributed by atoms with E-state index in [0.717, 1.165) is 60.4 Å². The Morgan fingerprint density at radius 2 is 1.62 bits per heavy atom. The number of thiazole rings is 1. The molecule has 52 heavy (non-hydrogen) atoms. The highest BCUT2D eigenvalue weighted by atomic mass is 35.5. The van der Waals surface area contributed by atoms with Crippen LogP contribution in [0.25, 0.3) is 16.3 Å². The summed E-state index contributed by atoms with van der Waals surface area (Å²) < 4.78 is 69.2. The van der Waals surface area contributed by atoms with Crippen LogP contribution in [-0.2, 0) is 26.8 Å². The second-order valence-corrected chi connectivity index (χ2v) is 19.9.